The Kier molecular flexibility index (Phi) is 3.93. The van der Waals surface area contributed by atoms with Crippen LogP contribution in [0.2, 0.25) is 5.02 Å². The standard InChI is InChI=1S/C13H12BrClOS/c1-7-3-8(2)17-13(7)12(16)9-4-10(14)6-11(15)5-9/h3-6,12,16H,1-2H3. The highest BCUT2D eigenvalue weighted by atomic mass is 79.9. The van der Waals surface area contributed by atoms with Crippen molar-refractivity contribution in [1.29, 1.82) is 0 Å². The summed E-state index contributed by atoms with van der Waals surface area (Å²) in [4.78, 5) is 2.19. The van der Waals surface area contributed by atoms with Crippen LogP contribution in [0.25, 0.3) is 0 Å². The zero-order valence-electron chi connectivity index (χ0n) is 9.50. The third kappa shape index (κ3) is 2.91. The topological polar surface area (TPSA) is 20.2 Å². The van der Waals surface area contributed by atoms with Crippen LogP contribution in [0.15, 0.2) is 28.7 Å². The van der Waals surface area contributed by atoms with Gasteiger partial charge in [0.05, 0.1) is 0 Å². The second-order valence-electron chi connectivity index (χ2n) is 4.01. The van der Waals surface area contributed by atoms with E-state index in [1.807, 2.05) is 26.0 Å². The smallest absolute Gasteiger partial charge is 0.114 e. The molecule has 0 aliphatic carbocycles. The first kappa shape index (κ1) is 13.1. The van der Waals surface area contributed by atoms with Gasteiger partial charge in [-0.15, -0.1) is 11.3 Å². The quantitative estimate of drug-likeness (QED) is 0.833. The van der Waals surface area contributed by atoms with E-state index in [0.717, 1.165) is 20.5 Å². The first-order valence-electron chi connectivity index (χ1n) is 5.18. The van der Waals surface area contributed by atoms with Gasteiger partial charge < -0.3 is 5.11 Å². The van der Waals surface area contributed by atoms with Crippen LogP contribution >= 0.6 is 38.9 Å². The monoisotopic (exact) mass is 330 g/mol. The van der Waals surface area contributed by atoms with E-state index in [1.54, 1.807) is 17.4 Å². The summed E-state index contributed by atoms with van der Waals surface area (Å²) in [5.74, 6) is 0. The average Bonchev–Trinajstić information content (AvgIpc) is 2.55. The molecule has 0 aliphatic heterocycles. The maximum atomic E-state index is 10.4. The lowest BCUT2D eigenvalue weighted by molar-refractivity contribution is 0.223. The van der Waals surface area contributed by atoms with E-state index in [9.17, 15) is 5.11 Å². The minimum Gasteiger partial charge on any atom is -0.383 e. The first-order valence-corrected chi connectivity index (χ1v) is 7.17. The summed E-state index contributed by atoms with van der Waals surface area (Å²) in [7, 11) is 0. The number of hydrogen-bond acceptors (Lipinski definition) is 2. The Bertz CT molecular complexity index is 530. The molecule has 0 fully saturated rings. The number of thiophene rings is 1. The van der Waals surface area contributed by atoms with Gasteiger partial charge in [0.1, 0.15) is 6.10 Å². The Morgan fingerprint density at radius 1 is 1.24 bits per heavy atom. The second kappa shape index (κ2) is 5.11. The van der Waals surface area contributed by atoms with Gasteiger partial charge >= 0.3 is 0 Å². The van der Waals surface area contributed by atoms with Crippen LogP contribution in [0, 0.1) is 13.8 Å². The molecule has 1 atom stereocenters. The van der Waals surface area contributed by atoms with Crippen LogP contribution in [0.4, 0.5) is 0 Å². The third-order valence-electron chi connectivity index (χ3n) is 2.53. The highest BCUT2D eigenvalue weighted by molar-refractivity contribution is 9.10. The normalized spacial score (nSPS) is 12.8. The Labute approximate surface area is 118 Å². The highest BCUT2D eigenvalue weighted by Gasteiger charge is 2.16. The van der Waals surface area contributed by atoms with Crippen LogP contribution < -0.4 is 0 Å². The maximum absolute atomic E-state index is 10.4. The molecule has 0 saturated heterocycles. The molecule has 1 heterocycles. The molecule has 2 rings (SSSR count). The van der Waals surface area contributed by atoms with Crippen molar-refractivity contribution in [1.82, 2.24) is 0 Å². The molecule has 1 N–H and O–H groups in total. The molecule has 4 heteroatoms. The van der Waals surface area contributed by atoms with Gasteiger partial charge in [-0.25, -0.2) is 0 Å². The lowest BCUT2D eigenvalue weighted by atomic mass is 10.1. The van der Waals surface area contributed by atoms with Crippen LogP contribution in [0.1, 0.15) is 27.0 Å². The van der Waals surface area contributed by atoms with Crippen LogP contribution in [-0.2, 0) is 0 Å². The van der Waals surface area contributed by atoms with Gasteiger partial charge in [-0.05, 0) is 49.2 Å². The fraction of sp³-hybridized carbons (Fsp3) is 0.231. The number of aliphatic hydroxyl groups is 1. The number of rotatable bonds is 2. The number of aryl methyl sites for hydroxylation is 2. The molecule has 0 amide bonds. The van der Waals surface area contributed by atoms with Crippen molar-refractivity contribution in [3.63, 3.8) is 0 Å². The van der Waals surface area contributed by atoms with E-state index < -0.39 is 6.10 Å². The van der Waals surface area contributed by atoms with Crippen LogP contribution in [0.5, 0.6) is 0 Å². The summed E-state index contributed by atoms with van der Waals surface area (Å²) >= 11 is 11.0. The summed E-state index contributed by atoms with van der Waals surface area (Å²) in [6.07, 6.45) is -0.608. The maximum Gasteiger partial charge on any atom is 0.114 e. The van der Waals surface area contributed by atoms with E-state index in [2.05, 4.69) is 22.0 Å². The van der Waals surface area contributed by atoms with Crippen molar-refractivity contribution >= 4 is 38.9 Å². The average molecular weight is 332 g/mol. The molecule has 1 aromatic heterocycles. The molecule has 2 aromatic rings. The number of halogens is 2. The molecule has 0 radical (unpaired) electrons. The number of hydrogen-bond donors (Lipinski definition) is 1. The van der Waals surface area contributed by atoms with Crippen molar-refractivity contribution in [2.45, 2.75) is 20.0 Å². The number of benzene rings is 1. The van der Waals surface area contributed by atoms with Gasteiger partial charge in [-0.2, -0.15) is 0 Å². The van der Waals surface area contributed by atoms with Gasteiger partial charge in [0.2, 0.25) is 0 Å². The molecule has 0 bridgehead atoms. The van der Waals surface area contributed by atoms with Gasteiger partial charge in [0.25, 0.3) is 0 Å². The summed E-state index contributed by atoms with van der Waals surface area (Å²) in [5.41, 5.74) is 1.94. The Morgan fingerprint density at radius 3 is 2.47 bits per heavy atom. The van der Waals surface area contributed by atoms with E-state index in [4.69, 9.17) is 11.6 Å². The zero-order valence-corrected chi connectivity index (χ0v) is 12.7. The van der Waals surface area contributed by atoms with Crippen molar-refractivity contribution < 1.29 is 5.11 Å². The lowest BCUT2D eigenvalue weighted by Crippen LogP contribution is -1.98. The fourth-order valence-electron chi connectivity index (χ4n) is 1.82. The molecule has 0 saturated carbocycles. The third-order valence-corrected chi connectivity index (χ3v) is 4.41. The van der Waals surface area contributed by atoms with Gasteiger partial charge in [0, 0.05) is 19.2 Å². The van der Waals surface area contributed by atoms with Gasteiger partial charge in [-0.1, -0.05) is 27.5 Å². The predicted molar refractivity (Wildman–Crippen MR) is 77.0 cm³/mol. The fourth-order valence-corrected chi connectivity index (χ4v) is 3.75. The van der Waals surface area contributed by atoms with Crippen molar-refractivity contribution in [2.24, 2.45) is 0 Å². The Balaban J connectivity index is 2.43. The summed E-state index contributed by atoms with van der Waals surface area (Å²) in [6.45, 7) is 4.06. The largest absolute Gasteiger partial charge is 0.383 e. The molecule has 0 aliphatic rings. The molecular formula is C13H12BrClOS. The molecule has 17 heavy (non-hydrogen) atoms. The molecule has 1 unspecified atom stereocenters. The predicted octanol–water partition coefficient (Wildman–Crippen LogP) is 4.86. The molecular weight excluding hydrogens is 320 g/mol. The number of aliphatic hydroxyl groups excluding tert-OH is 1. The summed E-state index contributed by atoms with van der Waals surface area (Å²) < 4.78 is 0.880. The zero-order chi connectivity index (χ0) is 12.6. The van der Waals surface area contributed by atoms with E-state index in [0.29, 0.717) is 5.02 Å². The van der Waals surface area contributed by atoms with Crippen LogP contribution in [-0.4, -0.2) is 5.11 Å². The van der Waals surface area contributed by atoms with Crippen molar-refractivity contribution in [3.05, 3.63) is 54.6 Å². The van der Waals surface area contributed by atoms with E-state index in [1.165, 1.54) is 4.88 Å². The summed E-state index contributed by atoms with van der Waals surface area (Å²) in [5, 5.41) is 11.0. The Morgan fingerprint density at radius 2 is 1.94 bits per heavy atom. The molecule has 90 valence electrons. The highest BCUT2D eigenvalue weighted by Crippen LogP contribution is 2.33. The second-order valence-corrected chi connectivity index (χ2v) is 6.65. The van der Waals surface area contributed by atoms with Crippen molar-refractivity contribution in [3.8, 4) is 0 Å². The minimum atomic E-state index is -0.608. The van der Waals surface area contributed by atoms with Crippen LogP contribution in [0.3, 0.4) is 0 Å². The Hall–Kier alpha value is -0.350. The van der Waals surface area contributed by atoms with Crippen molar-refractivity contribution in [2.75, 3.05) is 0 Å². The molecule has 1 nitrogen and oxygen atoms in total. The summed E-state index contributed by atoms with van der Waals surface area (Å²) in [6, 6.07) is 7.59. The van der Waals surface area contributed by atoms with Gasteiger partial charge in [0.15, 0.2) is 0 Å². The van der Waals surface area contributed by atoms with E-state index in [-0.39, 0.29) is 0 Å². The molecule has 1 aromatic carbocycles. The minimum absolute atomic E-state index is 0.608. The SMILES string of the molecule is Cc1cc(C)c(C(O)c2cc(Cl)cc(Br)c2)s1. The molecule has 0 spiro atoms. The van der Waals surface area contributed by atoms with E-state index >= 15 is 0 Å². The first-order chi connectivity index (χ1) is 7.97. The lowest BCUT2D eigenvalue weighted by Gasteiger charge is -2.11. The van der Waals surface area contributed by atoms with Gasteiger partial charge in [-0.3, -0.25) is 0 Å².